The zero-order valence-electron chi connectivity index (χ0n) is 7.47. The van der Waals surface area contributed by atoms with Crippen molar-refractivity contribution in [1.82, 2.24) is 0 Å². The zero-order valence-corrected chi connectivity index (χ0v) is 7.47. The highest BCUT2D eigenvalue weighted by Gasteiger charge is 2.28. The average Bonchev–Trinajstić information content (AvgIpc) is 2.15. The molecule has 0 aromatic heterocycles. The molecular weight excluding hydrogens is 180 g/mol. The van der Waals surface area contributed by atoms with Crippen LogP contribution >= 0.6 is 0 Å². The Morgan fingerprint density at radius 2 is 2.00 bits per heavy atom. The van der Waals surface area contributed by atoms with E-state index in [1.54, 1.807) is 12.1 Å². The van der Waals surface area contributed by atoms with Crippen LogP contribution in [-0.4, -0.2) is 22.3 Å². The molecule has 0 saturated carbocycles. The van der Waals surface area contributed by atoms with Gasteiger partial charge in [0.2, 0.25) is 0 Å². The molecule has 0 unspecified atom stereocenters. The van der Waals surface area contributed by atoms with Crippen molar-refractivity contribution in [2.75, 3.05) is 0 Å². The van der Waals surface area contributed by atoms with E-state index in [1.165, 1.54) is 6.08 Å². The predicted molar refractivity (Wildman–Crippen MR) is 51.4 cm³/mol. The van der Waals surface area contributed by atoms with Gasteiger partial charge in [0, 0.05) is 12.0 Å². The van der Waals surface area contributed by atoms with Gasteiger partial charge in [-0.3, -0.25) is 4.79 Å². The van der Waals surface area contributed by atoms with Crippen LogP contribution in [0.4, 0.5) is 0 Å². The minimum atomic E-state index is -1.90. The molecule has 14 heavy (non-hydrogen) atoms. The summed E-state index contributed by atoms with van der Waals surface area (Å²) in [6.07, 6.45) is 1.95. The molecular formula is C11H10O3. The molecule has 0 fully saturated rings. The second-order valence-electron chi connectivity index (χ2n) is 3.43. The van der Waals surface area contributed by atoms with Gasteiger partial charge in [-0.05, 0) is 17.2 Å². The molecule has 0 radical (unpaired) electrons. The maximum Gasteiger partial charge on any atom is 0.187 e. The molecule has 0 bridgehead atoms. The number of hydrogen-bond acceptors (Lipinski definition) is 3. The maximum absolute atomic E-state index is 10.7. The molecule has 72 valence electrons. The molecule has 0 amide bonds. The van der Waals surface area contributed by atoms with Gasteiger partial charge in [0.05, 0.1) is 0 Å². The number of allylic oxidation sites excluding steroid dienone is 1. The average molecular weight is 190 g/mol. The van der Waals surface area contributed by atoms with Crippen molar-refractivity contribution in [3.8, 4) is 0 Å². The Kier molecular flexibility index (Phi) is 1.98. The van der Waals surface area contributed by atoms with Crippen molar-refractivity contribution in [2.45, 2.75) is 12.2 Å². The first-order valence-electron chi connectivity index (χ1n) is 4.33. The number of aliphatic hydroxyl groups is 2. The topological polar surface area (TPSA) is 57.5 Å². The molecule has 2 N–H and O–H groups in total. The molecule has 0 saturated heterocycles. The number of aldehydes is 1. The number of carbonyl (C=O) groups is 1. The second-order valence-corrected chi connectivity index (χ2v) is 3.43. The lowest BCUT2D eigenvalue weighted by molar-refractivity contribution is -0.118. The van der Waals surface area contributed by atoms with Gasteiger partial charge in [0.1, 0.15) is 0 Å². The van der Waals surface area contributed by atoms with E-state index in [9.17, 15) is 15.0 Å². The lowest BCUT2D eigenvalue weighted by Crippen LogP contribution is -2.31. The van der Waals surface area contributed by atoms with Crippen LogP contribution < -0.4 is 0 Å². The maximum atomic E-state index is 10.7. The molecule has 1 aromatic rings. The highest BCUT2D eigenvalue weighted by molar-refractivity contribution is 6.08. The van der Waals surface area contributed by atoms with Crippen molar-refractivity contribution >= 4 is 11.9 Å². The quantitative estimate of drug-likeness (QED) is 0.501. The van der Waals surface area contributed by atoms with Crippen LogP contribution in [0, 0.1) is 0 Å². The summed E-state index contributed by atoms with van der Waals surface area (Å²) in [6, 6.07) is 7.21. The molecule has 0 aliphatic heterocycles. The van der Waals surface area contributed by atoms with Gasteiger partial charge >= 0.3 is 0 Å². The standard InChI is InChI=1S/C11H10O3/c12-7-9-6-11(13,14)5-8-3-1-2-4-10(8)9/h1-4,6-7,13-14H,5H2. The number of fused-ring (bicyclic) bond motifs is 1. The Morgan fingerprint density at radius 1 is 1.29 bits per heavy atom. The highest BCUT2D eigenvalue weighted by Crippen LogP contribution is 2.28. The molecule has 0 spiro atoms. The fourth-order valence-electron chi connectivity index (χ4n) is 1.71. The zero-order chi connectivity index (χ0) is 10.2. The van der Waals surface area contributed by atoms with Gasteiger partial charge in [-0.15, -0.1) is 0 Å². The smallest absolute Gasteiger partial charge is 0.187 e. The van der Waals surface area contributed by atoms with Crippen molar-refractivity contribution in [3.63, 3.8) is 0 Å². The summed E-state index contributed by atoms with van der Waals surface area (Å²) in [5.74, 6) is -1.90. The monoisotopic (exact) mass is 190 g/mol. The fraction of sp³-hybridized carbons (Fsp3) is 0.182. The SMILES string of the molecule is O=CC1=CC(O)(O)Cc2ccccc21. The number of carbonyl (C=O) groups excluding carboxylic acids is 1. The summed E-state index contributed by atoms with van der Waals surface area (Å²) in [5, 5.41) is 18.9. The summed E-state index contributed by atoms with van der Waals surface area (Å²) < 4.78 is 0. The van der Waals surface area contributed by atoms with Gasteiger partial charge < -0.3 is 10.2 Å². The third-order valence-corrected chi connectivity index (χ3v) is 2.29. The molecule has 2 rings (SSSR count). The lowest BCUT2D eigenvalue weighted by atomic mass is 9.88. The van der Waals surface area contributed by atoms with E-state index in [4.69, 9.17) is 0 Å². The minimum absolute atomic E-state index is 0.126. The summed E-state index contributed by atoms with van der Waals surface area (Å²) >= 11 is 0. The van der Waals surface area contributed by atoms with E-state index in [2.05, 4.69) is 0 Å². The van der Waals surface area contributed by atoms with Gasteiger partial charge in [0.15, 0.2) is 12.1 Å². The third kappa shape index (κ3) is 1.47. The molecule has 1 aromatic carbocycles. The Hall–Kier alpha value is -1.45. The van der Waals surface area contributed by atoms with Gasteiger partial charge in [0.25, 0.3) is 0 Å². The largest absolute Gasteiger partial charge is 0.362 e. The normalized spacial score (nSPS) is 18.3. The van der Waals surface area contributed by atoms with Crippen LogP contribution in [0.1, 0.15) is 11.1 Å². The van der Waals surface area contributed by atoms with E-state index in [1.807, 2.05) is 12.1 Å². The van der Waals surface area contributed by atoms with Gasteiger partial charge in [-0.25, -0.2) is 0 Å². The second kappa shape index (κ2) is 3.04. The Bertz CT molecular complexity index is 405. The fourth-order valence-corrected chi connectivity index (χ4v) is 1.71. The van der Waals surface area contributed by atoms with Gasteiger partial charge in [-0.2, -0.15) is 0 Å². The van der Waals surface area contributed by atoms with E-state index < -0.39 is 5.79 Å². The van der Waals surface area contributed by atoms with Crippen LogP contribution in [-0.2, 0) is 11.2 Å². The molecule has 3 nitrogen and oxygen atoms in total. The Balaban J connectivity index is 2.59. The molecule has 0 atom stereocenters. The highest BCUT2D eigenvalue weighted by atomic mass is 16.5. The first-order chi connectivity index (χ1) is 6.62. The first-order valence-corrected chi connectivity index (χ1v) is 4.33. The first kappa shape index (κ1) is 9.12. The van der Waals surface area contributed by atoms with Crippen LogP contribution in [0.15, 0.2) is 30.3 Å². The summed E-state index contributed by atoms with van der Waals surface area (Å²) in [5.41, 5.74) is 1.89. The van der Waals surface area contributed by atoms with Crippen molar-refractivity contribution in [1.29, 1.82) is 0 Å². The minimum Gasteiger partial charge on any atom is -0.362 e. The van der Waals surface area contributed by atoms with Crippen LogP contribution in [0.3, 0.4) is 0 Å². The number of rotatable bonds is 1. The lowest BCUT2D eigenvalue weighted by Gasteiger charge is -2.25. The Labute approximate surface area is 81.3 Å². The van der Waals surface area contributed by atoms with E-state index in [-0.39, 0.29) is 6.42 Å². The molecule has 1 aliphatic rings. The molecule has 1 aliphatic carbocycles. The van der Waals surface area contributed by atoms with Crippen molar-refractivity contribution in [2.24, 2.45) is 0 Å². The summed E-state index contributed by atoms with van der Waals surface area (Å²) in [7, 11) is 0. The van der Waals surface area contributed by atoms with Crippen molar-refractivity contribution in [3.05, 3.63) is 41.5 Å². The summed E-state index contributed by atoms with van der Waals surface area (Å²) in [6.45, 7) is 0. The Morgan fingerprint density at radius 3 is 2.71 bits per heavy atom. The van der Waals surface area contributed by atoms with E-state index >= 15 is 0 Å². The number of benzene rings is 1. The third-order valence-electron chi connectivity index (χ3n) is 2.29. The van der Waals surface area contributed by atoms with Crippen LogP contribution in [0.5, 0.6) is 0 Å². The van der Waals surface area contributed by atoms with Crippen LogP contribution in [0.2, 0.25) is 0 Å². The van der Waals surface area contributed by atoms with Crippen LogP contribution in [0.25, 0.3) is 5.57 Å². The predicted octanol–water partition coefficient (Wildman–Crippen LogP) is 0.506. The van der Waals surface area contributed by atoms with Gasteiger partial charge in [-0.1, -0.05) is 24.3 Å². The van der Waals surface area contributed by atoms with E-state index in [0.717, 1.165) is 11.1 Å². The summed E-state index contributed by atoms with van der Waals surface area (Å²) in [4.78, 5) is 10.7. The van der Waals surface area contributed by atoms with Crippen molar-refractivity contribution < 1.29 is 15.0 Å². The molecule has 0 heterocycles. The van der Waals surface area contributed by atoms with E-state index in [0.29, 0.717) is 11.9 Å². The number of hydrogen-bond donors (Lipinski definition) is 2. The molecule has 3 heteroatoms.